The number of fused-ring (bicyclic) bond motifs is 1. The Kier molecular flexibility index (Phi) is 2.85. The average molecular weight is 274 g/mol. The average Bonchev–Trinajstić information content (AvgIpc) is 2.85. The predicted octanol–water partition coefficient (Wildman–Crippen LogP) is 2.03. The minimum Gasteiger partial charge on any atom is -0.318 e. The lowest BCUT2D eigenvalue weighted by Gasteiger charge is -2.03. The molecule has 3 rings (SSSR count). The number of anilines is 1. The zero-order valence-corrected chi connectivity index (χ0v) is 10.4. The number of hydrogen-bond donors (Lipinski definition) is 1. The second kappa shape index (κ2) is 4.66. The Morgan fingerprint density at radius 2 is 2.11 bits per heavy atom. The first-order valence-electron chi connectivity index (χ1n) is 5.47. The summed E-state index contributed by atoms with van der Waals surface area (Å²) >= 11 is 5.96. The highest BCUT2D eigenvalue weighted by Crippen LogP contribution is 2.20. The Balaban J connectivity index is 1.90. The monoisotopic (exact) mass is 273 g/mol. The molecule has 3 aromatic rings. The van der Waals surface area contributed by atoms with E-state index in [1.165, 1.54) is 4.52 Å². The number of benzene rings is 1. The lowest BCUT2D eigenvalue weighted by Crippen LogP contribution is -2.14. The largest absolute Gasteiger partial charge is 0.318 e. The maximum atomic E-state index is 12.0. The van der Waals surface area contributed by atoms with Gasteiger partial charge in [-0.05, 0) is 18.2 Å². The minimum absolute atomic E-state index is 0.0404. The minimum atomic E-state index is -0.432. The molecule has 0 aliphatic carbocycles. The van der Waals surface area contributed by atoms with E-state index in [1.807, 2.05) is 0 Å². The fraction of sp³-hybridized carbons (Fsp3) is 0. The van der Waals surface area contributed by atoms with Gasteiger partial charge in [0.2, 0.25) is 5.82 Å². The van der Waals surface area contributed by atoms with Gasteiger partial charge in [0.15, 0.2) is 0 Å². The third kappa shape index (κ3) is 2.25. The summed E-state index contributed by atoms with van der Waals surface area (Å²) in [5.74, 6) is -0.0240. The molecular formula is C12H8ClN5O. The molecule has 0 fully saturated rings. The summed E-state index contributed by atoms with van der Waals surface area (Å²) in [4.78, 5) is 20.0. The van der Waals surface area contributed by atoms with Crippen LogP contribution in [0.5, 0.6) is 0 Å². The van der Waals surface area contributed by atoms with Crippen LogP contribution in [0.2, 0.25) is 5.02 Å². The SMILES string of the molecule is O=C(Nc1ccccc1Cl)c1nc2ncccn2n1. The normalized spacial score (nSPS) is 10.6. The molecule has 19 heavy (non-hydrogen) atoms. The van der Waals surface area contributed by atoms with Crippen LogP contribution in [-0.4, -0.2) is 25.5 Å². The summed E-state index contributed by atoms with van der Waals surface area (Å²) in [5.41, 5.74) is 0.515. The molecule has 2 heterocycles. The van der Waals surface area contributed by atoms with E-state index >= 15 is 0 Å². The highest BCUT2D eigenvalue weighted by Gasteiger charge is 2.14. The van der Waals surface area contributed by atoms with E-state index in [-0.39, 0.29) is 5.82 Å². The molecule has 1 N–H and O–H groups in total. The molecule has 0 aliphatic rings. The molecule has 1 aromatic carbocycles. The number of aromatic nitrogens is 4. The van der Waals surface area contributed by atoms with Gasteiger partial charge in [-0.15, -0.1) is 5.10 Å². The Labute approximate surface area is 113 Å². The van der Waals surface area contributed by atoms with E-state index in [2.05, 4.69) is 20.4 Å². The van der Waals surface area contributed by atoms with Crippen LogP contribution in [0.3, 0.4) is 0 Å². The Morgan fingerprint density at radius 1 is 1.26 bits per heavy atom. The van der Waals surface area contributed by atoms with Crippen LogP contribution in [0.15, 0.2) is 42.7 Å². The smallest absolute Gasteiger partial charge is 0.295 e. The van der Waals surface area contributed by atoms with E-state index in [9.17, 15) is 4.79 Å². The fourth-order valence-corrected chi connectivity index (χ4v) is 1.75. The summed E-state index contributed by atoms with van der Waals surface area (Å²) in [6.45, 7) is 0. The first kappa shape index (κ1) is 11.6. The molecule has 2 aromatic heterocycles. The third-order valence-electron chi connectivity index (χ3n) is 2.44. The van der Waals surface area contributed by atoms with Gasteiger partial charge in [-0.2, -0.15) is 4.98 Å². The number of carbonyl (C=O) groups excluding carboxylic acids is 1. The van der Waals surface area contributed by atoms with Crippen molar-refractivity contribution < 1.29 is 4.79 Å². The number of nitrogens with one attached hydrogen (secondary N) is 1. The predicted molar refractivity (Wildman–Crippen MR) is 70.2 cm³/mol. The molecule has 0 spiro atoms. The Hall–Kier alpha value is -2.47. The number of amides is 1. The summed E-state index contributed by atoms with van der Waals surface area (Å²) < 4.78 is 1.43. The second-order valence-corrected chi connectivity index (χ2v) is 4.14. The van der Waals surface area contributed by atoms with E-state index < -0.39 is 5.91 Å². The van der Waals surface area contributed by atoms with Crippen molar-refractivity contribution in [2.24, 2.45) is 0 Å². The number of para-hydroxylation sites is 1. The summed E-state index contributed by atoms with van der Waals surface area (Å²) in [6, 6.07) is 8.66. The molecule has 6 nitrogen and oxygen atoms in total. The van der Waals surface area contributed by atoms with Gasteiger partial charge < -0.3 is 5.32 Å². The molecule has 7 heteroatoms. The Morgan fingerprint density at radius 3 is 2.89 bits per heavy atom. The standard InChI is InChI=1S/C12H8ClN5O/c13-8-4-1-2-5-9(8)15-11(19)10-16-12-14-6-3-7-18(12)17-10/h1-7H,(H,15,19). The lowest BCUT2D eigenvalue weighted by atomic mass is 10.3. The van der Waals surface area contributed by atoms with Gasteiger partial charge in [-0.25, -0.2) is 9.50 Å². The number of carbonyl (C=O) groups is 1. The van der Waals surface area contributed by atoms with Gasteiger partial charge in [-0.1, -0.05) is 23.7 Å². The van der Waals surface area contributed by atoms with E-state index in [4.69, 9.17) is 11.6 Å². The quantitative estimate of drug-likeness (QED) is 0.775. The first-order valence-corrected chi connectivity index (χ1v) is 5.85. The van der Waals surface area contributed by atoms with Gasteiger partial charge in [0.1, 0.15) is 0 Å². The van der Waals surface area contributed by atoms with Crippen molar-refractivity contribution >= 4 is 29.0 Å². The van der Waals surface area contributed by atoms with Crippen molar-refractivity contribution in [1.82, 2.24) is 19.6 Å². The molecular weight excluding hydrogens is 266 g/mol. The van der Waals surface area contributed by atoms with Crippen LogP contribution >= 0.6 is 11.6 Å². The molecule has 1 amide bonds. The van der Waals surface area contributed by atoms with Crippen LogP contribution in [0.4, 0.5) is 5.69 Å². The van der Waals surface area contributed by atoms with Crippen molar-refractivity contribution in [3.8, 4) is 0 Å². The van der Waals surface area contributed by atoms with E-state index in [0.717, 1.165) is 0 Å². The molecule has 0 unspecified atom stereocenters. The van der Waals surface area contributed by atoms with Crippen molar-refractivity contribution in [2.75, 3.05) is 5.32 Å². The van der Waals surface area contributed by atoms with Crippen LogP contribution in [0.25, 0.3) is 5.78 Å². The zero-order chi connectivity index (χ0) is 13.2. The van der Waals surface area contributed by atoms with E-state index in [1.54, 1.807) is 42.7 Å². The van der Waals surface area contributed by atoms with Crippen molar-refractivity contribution in [3.05, 3.63) is 53.6 Å². The van der Waals surface area contributed by atoms with Gasteiger partial charge in [-0.3, -0.25) is 4.79 Å². The van der Waals surface area contributed by atoms with Crippen LogP contribution in [0, 0.1) is 0 Å². The highest BCUT2D eigenvalue weighted by molar-refractivity contribution is 6.33. The lowest BCUT2D eigenvalue weighted by molar-refractivity contribution is 0.101. The van der Waals surface area contributed by atoms with Gasteiger partial charge in [0.05, 0.1) is 10.7 Å². The molecule has 0 saturated carbocycles. The summed E-state index contributed by atoms with van der Waals surface area (Å²) in [6.07, 6.45) is 3.25. The van der Waals surface area contributed by atoms with Crippen molar-refractivity contribution in [2.45, 2.75) is 0 Å². The van der Waals surface area contributed by atoms with E-state index in [0.29, 0.717) is 16.5 Å². The van der Waals surface area contributed by atoms with Crippen LogP contribution in [-0.2, 0) is 0 Å². The molecule has 0 saturated heterocycles. The fourth-order valence-electron chi connectivity index (χ4n) is 1.57. The molecule has 0 atom stereocenters. The molecule has 94 valence electrons. The number of nitrogens with zero attached hydrogens (tertiary/aromatic N) is 4. The maximum absolute atomic E-state index is 12.0. The van der Waals surface area contributed by atoms with Gasteiger partial charge >= 0.3 is 0 Å². The number of hydrogen-bond acceptors (Lipinski definition) is 4. The second-order valence-electron chi connectivity index (χ2n) is 3.73. The maximum Gasteiger partial charge on any atom is 0.295 e. The zero-order valence-electron chi connectivity index (χ0n) is 9.62. The molecule has 0 bridgehead atoms. The van der Waals surface area contributed by atoms with Crippen LogP contribution < -0.4 is 5.32 Å². The van der Waals surface area contributed by atoms with Crippen molar-refractivity contribution in [1.29, 1.82) is 0 Å². The topological polar surface area (TPSA) is 72.2 Å². The Bertz CT molecular complexity index is 721. The molecule has 0 aliphatic heterocycles. The number of halogens is 1. The summed E-state index contributed by atoms with van der Waals surface area (Å²) in [7, 11) is 0. The third-order valence-corrected chi connectivity index (χ3v) is 2.77. The van der Waals surface area contributed by atoms with Gasteiger partial charge in [0.25, 0.3) is 11.7 Å². The highest BCUT2D eigenvalue weighted by atomic mass is 35.5. The first-order chi connectivity index (χ1) is 9.24. The molecule has 0 radical (unpaired) electrons. The summed E-state index contributed by atoms with van der Waals surface area (Å²) in [5, 5.41) is 7.13. The van der Waals surface area contributed by atoms with Crippen molar-refractivity contribution in [3.63, 3.8) is 0 Å². The number of rotatable bonds is 2. The van der Waals surface area contributed by atoms with Gasteiger partial charge in [0, 0.05) is 12.4 Å². The van der Waals surface area contributed by atoms with Crippen LogP contribution in [0.1, 0.15) is 10.6 Å².